The molecule has 16 heavy (non-hydrogen) atoms. The number of ether oxygens (including phenoxy) is 2. The standard InChI is InChI=1S/C12H19NO2S/c1-4-14-12(15-5-2)9-13-10(3)11-7-6-8-16-11/h6-8,12H,4-5,9H2,1-3H3. The van der Waals surface area contributed by atoms with Crippen molar-refractivity contribution in [2.75, 3.05) is 19.8 Å². The summed E-state index contributed by atoms with van der Waals surface area (Å²) in [6, 6.07) is 4.10. The summed E-state index contributed by atoms with van der Waals surface area (Å²) in [6.45, 7) is 7.80. The molecule has 0 atom stereocenters. The Hall–Kier alpha value is -0.710. The van der Waals surface area contributed by atoms with Crippen molar-refractivity contribution in [3.8, 4) is 0 Å². The molecule has 0 unspecified atom stereocenters. The van der Waals surface area contributed by atoms with E-state index in [1.54, 1.807) is 11.3 Å². The lowest BCUT2D eigenvalue weighted by Gasteiger charge is -2.14. The van der Waals surface area contributed by atoms with Crippen LogP contribution < -0.4 is 0 Å². The molecule has 4 heteroatoms. The van der Waals surface area contributed by atoms with E-state index in [1.807, 2.05) is 26.8 Å². The Morgan fingerprint density at radius 1 is 1.38 bits per heavy atom. The fraction of sp³-hybridized carbons (Fsp3) is 0.583. The first kappa shape index (κ1) is 13.4. The van der Waals surface area contributed by atoms with Crippen molar-refractivity contribution < 1.29 is 9.47 Å². The molecule has 0 aliphatic carbocycles. The third-order valence-corrected chi connectivity index (χ3v) is 3.04. The highest BCUT2D eigenvalue weighted by Crippen LogP contribution is 2.10. The first-order chi connectivity index (χ1) is 7.77. The predicted octanol–water partition coefficient (Wildman–Crippen LogP) is 2.96. The van der Waals surface area contributed by atoms with Gasteiger partial charge in [0.15, 0.2) is 6.29 Å². The van der Waals surface area contributed by atoms with Crippen LogP contribution in [0.4, 0.5) is 0 Å². The van der Waals surface area contributed by atoms with E-state index in [4.69, 9.17) is 9.47 Å². The van der Waals surface area contributed by atoms with Crippen LogP contribution in [-0.4, -0.2) is 31.8 Å². The minimum absolute atomic E-state index is 0.218. The molecule has 1 aromatic rings. The average Bonchev–Trinajstić information content (AvgIpc) is 2.79. The molecule has 0 saturated heterocycles. The third-order valence-electron chi connectivity index (χ3n) is 2.06. The van der Waals surface area contributed by atoms with Gasteiger partial charge in [-0.05, 0) is 32.2 Å². The van der Waals surface area contributed by atoms with Gasteiger partial charge in [0.1, 0.15) is 0 Å². The Morgan fingerprint density at radius 3 is 2.56 bits per heavy atom. The van der Waals surface area contributed by atoms with Crippen LogP contribution in [0, 0.1) is 0 Å². The number of nitrogens with zero attached hydrogens (tertiary/aromatic N) is 1. The van der Waals surface area contributed by atoms with E-state index in [0.29, 0.717) is 19.8 Å². The minimum atomic E-state index is -0.218. The smallest absolute Gasteiger partial charge is 0.176 e. The van der Waals surface area contributed by atoms with Crippen LogP contribution >= 0.6 is 11.3 Å². The lowest BCUT2D eigenvalue weighted by molar-refractivity contribution is -0.128. The second-order valence-electron chi connectivity index (χ2n) is 3.24. The highest BCUT2D eigenvalue weighted by Gasteiger charge is 2.07. The van der Waals surface area contributed by atoms with E-state index in [2.05, 4.69) is 16.4 Å². The van der Waals surface area contributed by atoms with Gasteiger partial charge in [0.05, 0.1) is 6.54 Å². The maximum atomic E-state index is 5.42. The predicted molar refractivity (Wildman–Crippen MR) is 68.4 cm³/mol. The molecule has 0 saturated carbocycles. The molecule has 0 aromatic carbocycles. The molecular formula is C12H19NO2S. The molecule has 1 aromatic heterocycles. The zero-order valence-corrected chi connectivity index (χ0v) is 10.9. The summed E-state index contributed by atoms with van der Waals surface area (Å²) in [7, 11) is 0. The Bertz CT molecular complexity index is 303. The lowest BCUT2D eigenvalue weighted by Crippen LogP contribution is -2.21. The molecular weight excluding hydrogens is 222 g/mol. The minimum Gasteiger partial charge on any atom is -0.351 e. The summed E-state index contributed by atoms with van der Waals surface area (Å²) in [5.41, 5.74) is 1.04. The van der Waals surface area contributed by atoms with Gasteiger partial charge in [-0.25, -0.2) is 0 Å². The van der Waals surface area contributed by atoms with Crippen LogP contribution in [0.15, 0.2) is 22.5 Å². The summed E-state index contributed by atoms with van der Waals surface area (Å²) < 4.78 is 10.8. The van der Waals surface area contributed by atoms with E-state index >= 15 is 0 Å². The highest BCUT2D eigenvalue weighted by molar-refractivity contribution is 7.12. The molecule has 0 spiro atoms. The van der Waals surface area contributed by atoms with E-state index in [9.17, 15) is 0 Å². The zero-order chi connectivity index (χ0) is 11.8. The van der Waals surface area contributed by atoms with Gasteiger partial charge in [-0.1, -0.05) is 6.07 Å². The maximum Gasteiger partial charge on any atom is 0.176 e. The second-order valence-corrected chi connectivity index (χ2v) is 4.19. The zero-order valence-electron chi connectivity index (χ0n) is 10.1. The molecule has 90 valence electrons. The van der Waals surface area contributed by atoms with E-state index in [1.165, 1.54) is 4.88 Å². The van der Waals surface area contributed by atoms with Gasteiger partial charge in [-0.3, -0.25) is 4.99 Å². The first-order valence-electron chi connectivity index (χ1n) is 5.56. The van der Waals surface area contributed by atoms with E-state index in [-0.39, 0.29) is 6.29 Å². The Balaban J connectivity index is 2.49. The van der Waals surface area contributed by atoms with Crippen molar-refractivity contribution in [1.29, 1.82) is 0 Å². The molecule has 0 aliphatic heterocycles. The van der Waals surface area contributed by atoms with Crippen molar-refractivity contribution >= 4 is 17.0 Å². The Labute approximate surface area is 101 Å². The molecule has 0 radical (unpaired) electrons. The van der Waals surface area contributed by atoms with E-state index in [0.717, 1.165) is 5.71 Å². The number of rotatable bonds is 7. The summed E-state index contributed by atoms with van der Waals surface area (Å²) in [5.74, 6) is 0. The van der Waals surface area contributed by atoms with Crippen LogP contribution in [0.25, 0.3) is 0 Å². The van der Waals surface area contributed by atoms with E-state index < -0.39 is 0 Å². The summed E-state index contributed by atoms with van der Waals surface area (Å²) in [4.78, 5) is 5.68. The summed E-state index contributed by atoms with van der Waals surface area (Å²) in [6.07, 6.45) is -0.218. The molecule has 1 rings (SSSR count). The lowest BCUT2D eigenvalue weighted by atomic mass is 10.3. The van der Waals surface area contributed by atoms with Crippen LogP contribution in [-0.2, 0) is 9.47 Å². The van der Waals surface area contributed by atoms with Gasteiger partial charge in [-0.15, -0.1) is 11.3 Å². The summed E-state index contributed by atoms with van der Waals surface area (Å²) in [5, 5.41) is 2.05. The van der Waals surface area contributed by atoms with Crippen molar-refractivity contribution in [2.45, 2.75) is 27.1 Å². The molecule has 0 aliphatic rings. The van der Waals surface area contributed by atoms with Crippen molar-refractivity contribution in [3.05, 3.63) is 22.4 Å². The monoisotopic (exact) mass is 241 g/mol. The van der Waals surface area contributed by atoms with Gasteiger partial charge < -0.3 is 9.47 Å². The van der Waals surface area contributed by atoms with Crippen LogP contribution in [0.3, 0.4) is 0 Å². The SMILES string of the molecule is CCOC(CN=C(C)c1cccs1)OCC. The van der Waals surface area contributed by atoms with Gasteiger partial charge in [0.2, 0.25) is 0 Å². The normalized spacial score (nSPS) is 12.4. The molecule has 0 amide bonds. The summed E-state index contributed by atoms with van der Waals surface area (Å²) >= 11 is 1.70. The van der Waals surface area contributed by atoms with Crippen LogP contribution in [0.5, 0.6) is 0 Å². The fourth-order valence-corrected chi connectivity index (χ4v) is 2.00. The maximum absolute atomic E-state index is 5.42. The molecule has 0 bridgehead atoms. The number of hydrogen-bond donors (Lipinski definition) is 0. The molecule has 1 heterocycles. The Kier molecular flexibility index (Phi) is 6.30. The van der Waals surface area contributed by atoms with Crippen LogP contribution in [0.1, 0.15) is 25.6 Å². The quantitative estimate of drug-likeness (QED) is 0.543. The van der Waals surface area contributed by atoms with Gasteiger partial charge in [0.25, 0.3) is 0 Å². The Morgan fingerprint density at radius 2 is 2.06 bits per heavy atom. The highest BCUT2D eigenvalue weighted by atomic mass is 32.1. The molecule has 3 nitrogen and oxygen atoms in total. The second kappa shape index (κ2) is 7.54. The van der Waals surface area contributed by atoms with Crippen LogP contribution in [0.2, 0.25) is 0 Å². The largest absolute Gasteiger partial charge is 0.351 e. The first-order valence-corrected chi connectivity index (χ1v) is 6.44. The van der Waals surface area contributed by atoms with Crippen molar-refractivity contribution in [3.63, 3.8) is 0 Å². The fourth-order valence-electron chi connectivity index (χ4n) is 1.30. The topological polar surface area (TPSA) is 30.8 Å². The van der Waals surface area contributed by atoms with Gasteiger partial charge in [0, 0.05) is 23.8 Å². The molecule has 0 fully saturated rings. The van der Waals surface area contributed by atoms with Crippen molar-refractivity contribution in [1.82, 2.24) is 0 Å². The number of hydrogen-bond acceptors (Lipinski definition) is 4. The third kappa shape index (κ3) is 4.43. The van der Waals surface area contributed by atoms with Gasteiger partial charge in [-0.2, -0.15) is 0 Å². The van der Waals surface area contributed by atoms with Crippen molar-refractivity contribution in [2.24, 2.45) is 4.99 Å². The number of thiophene rings is 1. The average molecular weight is 241 g/mol. The van der Waals surface area contributed by atoms with Gasteiger partial charge >= 0.3 is 0 Å². The molecule has 0 N–H and O–H groups in total. The number of aliphatic imine (C=N–C) groups is 1.